The molecule has 3 aromatic rings. The van der Waals surface area contributed by atoms with E-state index >= 15 is 0 Å². The first-order chi connectivity index (χ1) is 12.2. The summed E-state index contributed by atoms with van der Waals surface area (Å²) in [6.07, 6.45) is 9.43. The molecule has 0 fully saturated rings. The van der Waals surface area contributed by atoms with Crippen molar-refractivity contribution in [2.45, 2.75) is 25.3 Å². The van der Waals surface area contributed by atoms with Crippen LogP contribution in [-0.2, 0) is 12.8 Å². The summed E-state index contributed by atoms with van der Waals surface area (Å²) in [7, 11) is 0. The van der Waals surface area contributed by atoms with Crippen LogP contribution in [0.1, 0.15) is 28.2 Å². The van der Waals surface area contributed by atoms with Crippen molar-refractivity contribution in [1.29, 1.82) is 0 Å². The minimum atomic E-state index is -0.274. The fourth-order valence-electron chi connectivity index (χ4n) is 2.99. The summed E-state index contributed by atoms with van der Waals surface area (Å²) in [6.45, 7) is 0. The summed E-state index contributed by atoms with van der Waals surface area (Å²) in [5.74, 6) is -0.274. The topological polar surface area (TPSA) is 98.7 Å². The fourth-order valence-corrected chi connectivity index (χ4v) is 2.99. The molecule has 25 heavy (non-hydrogen) atoms. The molecular weight excluding hydrogens is 316 g/mol. The fraction of sp³-hybridized carbons (Fsp3) is 0.222. The van der Waals surface area contributed by atoms with Crippen molar-refractivity contribution in [3.05, 3.63) is 66.0 Å². The highest BCUT2D eigenvalue weighted by Gasteiger charge is 2.18. The van der Waals surface area contributed by atoms with Crippen molar-refractivity contribution in [3.8, 4) is 5.69 Å². The number of anilines is 1. The van der Waals surface area contributed by atoms with E-state index in [-0.39, 0.29) is 11.9 Å². The van der Waals surface area contributed by atoms with Gasteiger partial charge in [-0.15, -0.1) is 0 Å². The normalized spacial score (nSPS) is 16.3. The summed E-state index contributed by atoms with van der Waals surface area (Å²) in [4.78, 5) is 20.9. The van der Waals surface area contributed by atoms with Gasteiger partial charge in [0.05, 0.1) is 23.8 Å². The Morgan fingerprint density at radius 2 is 2.24 bits per heavy atom. The third kappa shape index (κ3) is 3.27. The molecule has 3 N–H and O–H groups in total. The lowest BCUT2D eigenvalue weighted by Gasteiger charge is -2.20. The summed E-state index contributed by atoms with van der Waals surface area (Å²) in [5, 5.41) is 7.15. The number of fused-ring (bicyclic) bond motifs is 1. The largest absolute Gasteiger partial charge is 0.327 e. The highest BCUT2D eigenvalue weighted by molar-refractivity contribution is 6.02. The second-order valence-electron chi connectivity index (χ2n) is 6.14. The molecule has 1 aliphatic rings. The number of carbonyl (C=O) groups is 1. The van der Waals surface area contributed by atoms with Gasteiger partial charge in [0.2, 0.25) is 0 Å². The molecule has 7 nitrogen and oxygen atoms in total. The van der Waals surface area contributed by atoms with E-state index in [2.05, 4.69) is 20.4 Å². The van der Waals surface area contributed by atoms with Crippen LogP contribution in [0.5, 0.6) is 0 Å². The zero-order chi connectivity index (χ0) is 17.2. The maximum atomic E-state index is 12.4. The van der Waals surface area contributed by atoms with Gasteiger partial charge in [0.1, 0.15) is 0 Å². The summed E-state index contributed by atoms with van der Waals surface area (Å²) in [5.41, 5.74) is 9.99. The Labute approximate surface area is 144 Å². The molecule has 0 aromatic carbocycles. The van der Waals surface area contributed by atoms with Crippen molar-refractivity contribution < 1.29 is 4.79 Å². The average Bonchev–Trinajstić information content (AvgIpc) is 3.12. The maximum absolute atomic E-state index is 12.4. The lowest BCUT2D eigenvalue weighted by atomic mass is 9.92. The summed E-state index contributed by atoms with van der Waals surface area (Å²) < 4.78 is 1.62. The molecule has 3 aromatic heterocycles. The molecule has 0 saturated carbocycles. The van der Waals surface area contributed by atoms with Gasteiger partial charge >= 0.3 is 0 Å². The Morgan fingerprint density at radius 3 is 3.08 bits per heavy atom. The number of aryl methyl sites for hydroxylation is 1. The van der Waals surface area contributed by atoms with Crippen LogP contribution < -0.4 is 11.1 Å². The third-order valence-corrected chi connectivity index (χ3v) is 4.28. The molecule has 4 rings (SSSR count). The van der Waals surface area contributed by atoms with E-state index in [0.717, 1.165) is 36.2 Å². The Kier molecular flexibility index (Phi) is 3.99. The van der Waals surface area contributed by atoms with Gasteiger partial charge in [0.15, 0.2) is 5.69 Å². The number of aromatic nitrogens is 4. The molecule has 0 aliphatic heterocycles. The van der Waals surface area contributed by atoms with E-state index in [9.17, 15) is 4.79 Å². The van der Waals surface area contributed by atoms with Gasteiger partial charge in [-0.3, -0.25) is 14.8 Å². The lowest BCUT2D eigenvalue weighted by molar-refractivity contribution is 0.102. The highest BCUT2D eigenvalue weighted by atomic mass is 16.1. The molecular formula is C18H18N6O. The van der Waals surface area contributed by atoms with Crippen LogP contribution >= 0.6 is 0 Å². The van der Waals surface area contributed by atoms with Gasteiger partial charge in [-0.2, -0.15) is 5.10 Å². The van der Waals surface area contributed by atoms with Crippen LogP contribution in [0.2, 0.25) is 0 Å². The minimum Gasteiger partial charge on any atom is -0.327 e. The van der Waals surface area contributed by atoms with Crippen molar-refractivity contribution in [2.24, 2.45) is 5.73 Å². The molecule has 1 atom stereocenters. The molecule has 1 unspecified atom stereocenters. The summed E-state index contributed by atoms with van der Waals surface area (Å²) >= 11 is 0. The van der Waals surface area contributed by atoms with Gasteiger partial charge in [0, 0.05) is 24.1 Å². The van der Waals surface area contributed by atoms with E-state index in [1.807, 2.05) is 18.2 Å². The quantitative estimate of drug-likeness (QED) is 0.760. The van der Waals surface area contributed by atoms with Crippen LogP contribution in [0.4, 0.5) is 5.69 Å². The number of carbonyl (C=O) groups excluding carboxylic acids is 1. The van der Waals surface area contributed by atoms with Crippen molar-refractivity contribution >= 4 is 11.6 Å². The first kappa shape index (κ1) is 15.5. The first-order valence-electron chi connectivity index (χ1n) is 8.20. The monoisotopic (exact) mass is 334 g/mol. The maximum Gasteiger partial charge on any atom is 0.276 e. The predicted molar refractivity (Wildman–Crippen MR) is 93.5 cm³/mol. The Hall–Kier alpha value is -3.06. The smallest absolute Gasteiger partial charge is 0.276 e. The van der Waals surface area contributed by atoms with E-state index in [1.54, 1.807) is 35.5 Å². The highest BCUT2D eigenvalue weighted by Crippen LogP contribution is 2.22. The van der Waals surface area contributed by atoms with Crippen LogP contribution in [0.3, 0.4) is 0 Å². The number of nitrogens with one attached hydrogen (secondary N) is 1. The van der Waals surface area contributed by atoms with Gasteiger partial charge in [0.25, 0.3) is 5.91 Å². The van der Waals surface area contributed by atoms with E-state index < -0.39 is 0 Å². The zero-order valence-corrected chi connectivity index (χ0v) is 13.6. The van der Waals surface area contributed by atoms with Gasteiger partial charge < -0.3 is 11.1 Å². The van der Waals surface area contributed by atoms with Gasteiger partial charge in [-0.25, -0.2) is 4.68 Å². The molecule has 1 aliphatic carbocycles. The first-order valence-corrected chi connectivity index (χ1v) is 8.20. The van der Waals surface area contributed by atoms with Crippen molar-refractivity contribution in [2.75, 3.05) is 5.32 Å². The molecule has 3 heterocycles. The minimum absolute atomic E-state index is 0.162. The van der Waals surface area contributed by atoms with E-state index in [0.29, 0.717) is 11.4 Å². The predicted octanol–water partition coefficient (Wildman–Crippen LogP) is 1.73. The molecule has 126 valence electrons. The summed E-state index contributed by atoms with van der Waals surface area (Å²) in [6, 6.07) is 7.48. The van der Waals surface area contributed by atoms with Gasteiger partial charge in [-0.1, -0.05) is 0 Å². The number of rotatable bonds is 3. The van der Waals surface area contributed by atoms with Crippen molar-refractivity contribution in [1.82, 2.24) is 19.7 Å². The van der Waals surface area contributed by atoms with Crippen LogP contribution in [0, 0.1) is 0 Å². The number of nitrogens with two attached hydrogens (primary N) is 1. The lowest BCUT2D eigenvalue weighted by Crippen LogP contribution is -2.28. The molecule has 1 amide bonds. The Balaban J connectivity index is 1.51. The van der Waals surface area contributed by atoms with Crippen LogP contribution in [0.25, 0.3) is 5.69 Å². The second kappa shape index (κ2) is 6.45. The van der Waals surface area contributed by atoms with Crippen LogP contribution in [0.15, 0.2) is 49.1 Å². The number of hydrogen-bond donors (Lipinski definition) is 2. The van der Waals surface area contributed by atoms with Gasteiger partial charge in [-0.05, 0) is 49.1 Å². The third-order valence-electron chi connectivity index (χ3n) is 4.28. The zero-order valence-electron chi connectivity index (χ0n) is 13.6. The van der Waals surface area contributed by atoms with Crippen molar-refractivity contribution in [3.63, 3.8) is 0 Å². The molecule has 0 saturated heterocycles. The SMILES string of the molecule is NC1CCc2ncc(NC(=O)c3ccn(-c4cccnc4)n3)cc2C1. The van der Waals surface area contributed by atoms with E-state index in [4.69, 9.17) is 5.73 Å². The molecule has 0 spiro atoms. The Bertz CT molecular complexity index is 905. The number of amides is 1. The number of nitrogens with zero attached hydrogens (tertiary/aromatic N) is 4. The Morgan fingerprint density at radius 1 is 1.32 bits per heavy atom. The second-order valence-corrected chi connectivity index (χ2v) is 6.14. The van der Waals surface area contributed by atoms with E-state index in [1.165, 1.54) is 0 Å². The number of pyridine rings is 2. The molecule has 7 heteroatoms. The molecule has 0 bridgehead atoms. The molecule has 0 radical (unpaired) electrons. The number of hydrogen-bond acceptors (Lipinski definition) is 5. The standard InChI is InChI=1S/C18H18N6O/c19-13-3-4-16-12(8-13)9-14(10-21-16)22-18(25)17-5-7-24(23-17)15-2-1-6-20-11-15/h1-2,5-7,9-11,13H,3-4,8,19H2,(H,22,25). The average molecular weight is 334 g/mol. The van der Waals surface area contributed by atoms with Crippen LogP contribution in [-0.4, -0.2) is 31.7 Å².